The standard InChI is InChI=1S/C15H12BrNO3/c16-12-2-5-14(6-3-12)20-15(19)17-8-10-1-4-13(18)7-11(10)9-17/h1-7,18H,8-9H2. The predicted molar refractivity (Wildman–Crippen MR) is 77.5 cm³/mol. The van der Waals surface area contributed by atoms with Crippen molar-refractivity contribution in [2.45, 2.75) is 13.1 Å². The Morgan fingerprint density at radius 2 is 1.80 bits per heavy atom. The maximum absolute atomic E-state index is 12.1. The third kappa shape index (κ3) is 2.63. The highest BCUT2D eigenvalue weighted by atomic mass is 79.9. The second kappa shape index (κ2) is 5.17. The molecule has 1 aliphatic rings. The zero-order chi connectivity index (χ0) is 14.1. The minimum atomic E-state index is -0.386. The topological polar surface area (TPSA) is 49.8 Å². The first-order valence-corrected chi connectivity index (χ1v) is 6.94. The number of amides is 1. The molecule has 0 unspecified atom stereocenters. The van der Waals surface area contributed by atoms with Crippen LogP contribution in [0.25, 0.3) is 0 Å². The van der Waals surface area contributed by atoms with E-state index in [0.29, 0.717) is 18.8 Å². The van der Waals surface area contributed by atoms with Crippen LogP contribution in [0.3, 0.4) is 0 Å². The van der Waals surface area contributed by atoms with Crippen LogP contribution in [-0.4, -0.2) is 16.1 Å². The molecule has 5 heteroatoms. The Labute approximate surface area is 124 Å². The molecule has 1 amide bonds. The van der Waals surface area contributed by atoms with Crippen LogP contribution in [0.2, 0.25) is 0 Å². The molecule has 0 spiro atoms. The fourth-order valence-corrected chi connectivity index (χ4v) is 2.44. The average molecular weight is 334 g/mol. The van der Waals surface area contributed by atoms with Crippen LogP contribution in [0.5, 0.6) is 11.5 Å². The quantitative estimate of drug-likeness (QED) is 0.866. The van der Waals surface area contributed by atoms with E-state index in [4.69, 9.17) is 4.74 Å². The molecule has 0 aliphatic carbocycles. The maximum atomic E-state index is 12.1. The molecule has 1 heterocycles. The number of phenolic OH excluding ortho intramolecular Hbond substituents is 1. The summed E-state index contributed by atoms with van der Waals surface area (Å²) < 4.78 is 6.25. The number of phenols is 1. The number of aromatic hydroxyl groups is 1. The summed E-state index contributed by atoms with van der Waals surface area (Å²) in [5.74, 6) is 0.726. The number of carbonyl (C=O) groups excluding carboxylic acids is 1. The molecule has 0 saturated heterocycles. The summed E-state index contributed by atoms with van der Waals surface area (Å²) in [6.07, 6.45) is -0.386. The number of halogens is 1. The van der Waals surface area contributed by atoms with Crippen molar-refractivity contribution < 1.29 is 14.6 Å². The second-order valence-electron chi connectivity index (χ2n) is 4.63. The van der Waals surface area contributed by atoms with Crippen LogP contribution in [0.15, 0.2) is 46.9 Å². The van der Waals surface area contributed by atoms with Crippen molar-refractivity contribution in [3.05, 3.63) is 58.1 Å². The third-order valence-electron chi connectivity index (χ3n) is 3.19. The summed E-state index contributed by atoms with van der Waals surface area (Å²) in [6.45, 7) is 0.962. The van der Waals surface area contributed by atoms with Gasteiger partial charge in [-0.1, -0.05) is 22.0 Å². The van der Waals surface area contributed by atoms with Gasteiger partial charge in [0, 0.05) is 17.6 Å². The fraction of sp³-hybridized carbons (Fsp3) is 0.133. The van der Waals surface area contributed by atoms with Gasteiger partial charge < -0.3 is 9.84 Å². The Hall–Kier alpha value is -2.01. The van der Waals surface area contributed by atoms with Gasteiger partial charge in [0.15, 0.2) is 0 Å². The molecule has 102 valence electrons. The summed E-state index contributed by atoms with van der Waals surface area (Å²) in [6, 6.07) is 12.2. The Morgan fingerprint density at radius 1 is 1.10 bits per heavy atom. The Bertz CT molecular complexity index is 655. The minimum Gasteiger partial charge on any atom is -0.508 e. The summed E-state index contributed by atoms with van der Waals surface area (Å²) >= 11 is 3.33. The zero-order valence-corrected chi connectivity index (χ0v) is 12.1. The van der Waals surface area contributed by atoms with Gasteiger partial charge in [0.05, 0.1) is 0 Å². The number of carbonyl (C=O) groups is 1. The van der Waals surface area contributed by atoms with Gasteiger partial charge in [0.2, 0.25) is 0 Å². The SMILES string of the molecule is O=C(Oc1ccc(Br)cc1)N1Cc2ccc(O)cc2C1. The van der Waals surface area contributed by atoms with E-state index in [1.807, 2.05) is 18.2 Å². The highest BCUT2D eigenvalue weighted by Gasteiger charge is 2.25. The first-order chi connectivity index (χ1) is 9.61. The van der Waals surface area contributed by atoms with E-state index in [0.717, 1.165) is 15.6 Å². The molecule has 1 N–H and O–H groups in total. The number of ether oxygens (including phenoxy) is 1. The highest BCUT2D eigenvalue weighted by Crippen LogP contribution is 2.27. The summed E-state index contributed by atoms with van der Waals surface area (Å²) in [5, 5.41) is 9.44. The van der Waals surface area contributed by atoms with Crippen molar-refractivity contribution in [2.24, 2.45) is 0 Å². The van der Waals surface area contributed by atoms with Crippen molar-refractivity contribution >= 4 is 22.0 Å². The lowest BCUT2D eigenvalue weighted by molar-refractivity contribution is 0.152. The molecular formula is C15H12BrNO3. The number of nitrogens with zero attached hydrogens (tertiary/aromatic N) is 1. The van der Waals surface area contributed by atoms with Gasteiger partial charge in [0.25, 0.3) is 0 Å². The summed E-state index contributed by atoms with van der Waals surface area (Å²) in [5.41, 5.74) is 1.99. The van der Waals surface area contributed by atoms with Crippen LogP contribution < -0.4 is 4.74 Å². The summed E-state index contributed by atoms with van der Waals surface area (Å²) in [7, 11) is 0. The molecule has 0 fully saturated rings. The van der Waals surface area contributed by atoms with E-state index >= 15 is 0 Å². The van der Waals surface area contributed by atoms with Crippen LogP contribution in [0.4, 0.5) is 4.79 Å². The lowest BCUT2D eigenvalue weighted by Gasteiger charge is -2.15. The van der Waals surface area contributed by atoms with Gasteiger partial charge in [-0.25, -0.2) is 4.79 Å². The smallest absolute Gasteiger partial charge is 0.415 e. The normalized spacial score (nSPS) is 13.2. The predicted octanol–water partition coefficient (Wildman–Crippen LogP) is 3.67. The molecule has 2 aromatic carbocycles. The molecule has 0 atom stereocenters. The van der Waals surface area contributed by atoms with Gasteiger partial charge in [-0.05, 0) is 47.5 Å². The van der Waals surface area contributed by atoms with Gasteiger partial charge in [0.1, 0.15) is 11.5 Å². The lowest BCUT2D eigenvalue weighted by atomic mass is 10.1. The van der Waals surface area contributed by atoms with Crippen molar-refractivity contribution in [3.63, 3.8) is 0 Å². The first kappa shape index (κ1) is 13.0. The Kier molecular flexibility index (Phi) is 3.36. The van der Waals surface area contributed by atoms with E-state index in [-0.39, 0.29) is 11.8 Å². The van der Waals surface area contributed by atoms with Crippen LogP contribution in [0, 0.1) is 0 Å². The van der Waals surface area contributed by atoms with E-state index in [9.17, 15) is 9.90 Å². The molecule has 2 aromatic rings. The van der Waals surface area contributed by atoms with Crippen molar-refractivity contribution in [3.8, 4) is 11.5 Å². The van der Waals surface area contributed by atoms with Gasteiger partial charge in [-0.3, -0.25) is 4.90 Å². The van der Waals surface area contributed by atoms with E-state index < -0.39 is 0 Å². The maximum Gasteiger partial charge on any atom is 0.415 e. The van der Waals surface area contributed by atoms with Crippen molar-refractivity contribution in [1.29, 1.82) is 0 Å². The Morgan fingerprint density at radius 3 is 2.55 bits per heavy atom. The average Bonchev–Trinajstić information content (AvgIpc) is 2.84. The number of hydrogen-bond donors (Lipinski definition) is 1. The van der Waals surface area contributed by atoms with Crippen molar-refractivity contribution in [1.82, 2.24) is 4.90 Å². The molecule has 3 rings (SSSR count). The molecule has 0 saturated carbocycles. The zero-order valence-electron chi connectivity index (χ0n) is 10.5. The number of fused-ring (bicyclic) bond motifs is 1. The molecule has 20 heavy (non-hydrogen) atoms. The lowest BCUT2D eigenvalue weighted by Crippen LogP contribution is -2.28. The summed E-state index contributed by atoms with van der Waals surface area (Å²) in [4.78, 5) is 13.7. The van der Waals surface area contributed by atoms with Gasteiger partial charge in [-0.2, -0.15) is 0 Å². The first-order valence-electron chi connectivity index (χ1n) is 6.15. The van der Waals surface area contributed by atoms with E-state index in [1.54, 1.807) is 29.2 Å². The highest BCUT2D eigenvalue weighted by molar-refractivity contribution is 9.10. The number of hydrogen-bond acceptors (Lipinski definition) is 3. The molecule has 4 nitrogen and oxygen atoms in total. The van der Waals surface area contributed by atoms with Gasteiger partial charge in [-0.15, -0.1) is 0 Å². The molecule has 1 aliphatic heterocycles. The third-order valence-corrected chi connectivity index (χ3v) is 3.72. The molecule has 0 radical (unpaired) electrons. The molecule has 0 bridgehead atoms. The molecular weight excluding hydrogens is 322 g/mol. The van der Waals surface area contributed by atoms with Crippen LogP contribution in [-0.2, 0) is 13.1 Å². The second-order valence-corrected chi connectivity index (χ2v) is 5.55. The van der Waals surface area contributed by atoms with Crippen molar-refractivity contribution in [2.75, 3.05) is 0 Å². The number of rotatable bonds is 1. The van der Waals surface area contributed by atoms with Gasteiger partial charge >= 0.3 is 6.09 Å². The van der Waals surface area contributed by atoms with E-state index in [2.05, 4.69) is 15.9 Å². The van der Waals surface area contributed by atoms with E-state index in [1.165, 1.54) is 0 Å². The fourth-order valence-electron chi connectivity index (χ4n) is 2.18. The van der Waals surface area contributed by atoms with Crippen LogP contribution >= 0.6 is 15.9 Å². The molecule has 0 aromatic heterocycles. The van der Waals surface area contributed by atoms with Crippen LogP contribution in [0.1, 0.15) is 11.1 Å². The minimum absolute atomic E-state index is 0.215. The number of benzene rings is 2. The Balaban J connectivity index is 1.69. The monoisotopic (exact) mass is 333 g/mol. The largest absolute Gasteiger partial charge is 0.508 e.